The van der Waals surface area contributed by atoms with Crippen LogP contribution in [0.4, 0.5) is 0 Å². The summed E-state index contributed by atoms with van der Waals surface area (Å²) in [6.45, 7) is 7.00. The maximum Gasteiger partial charge on any atom is 0.0345 e. The molecule has 0 fully saturated rings. The molecule has 0 saturated heterocycles. The molecule has 0 bridgehead atoms. The lowest BCUT2D eigenvalue weighted by molar-refractivity contribution is 0.418. The molecule has 0 aliphatic rings. The van der Waals surface area contributed by atoms with Gasteiger partial charge in [-0.15, -0.1) is 11.3 Å². The summed E-state index contributed by atoms with van der Waals surface area (Å²) >= 11 is 1.88. The molecule has 1 unspecified atom stereocenters. The summed E-state index contributed by atoms with van der Waals surface area (Å²) in [6, 6.07) is 8.78. The third-order valence-electron chi connectivity index (χ3n) is 3.71. The van der Waals surface area contributed by atoms with Crippen molar-refractivity contribution in [1.82, 2.24) is 0 Å². The molecule has 0 nitrogen and oxygen atoms in total. The Morgan fingerprint density at radius 1 is 1.19 bits per heavy atom. The first-order valence-electron chi connectivity index (χ1n) is 6.18. The van der Waals surface area contributed by atoms with Gasteiger partial charge in [-0.25, -0.2) is 0 Å². The SMILES string of the molecule is CCCC(C)(CC)c1csc2ccccc12. The lowest BCUT2D eigenvalue weighted by Crippen LogP contribution is -2.19. The van der Waals surface area contributed by atoms with Crippen LogP contribution in [0.25, 0.3) is 10.1 Å². The second kappa shape index (κ2) is 4.58. The lowest BCUT2D eigenvalue weighted by Gasteiger charge is -2.27. The van der Waals surface area contributed by atoms with Crippen molar-refractivity contribution >= 4 is 21.4 Å². The van der Waals surface area contributed by atoms with Crippen LogP contribution in [0.15, 0.2) is 29.6 Å². The summed E-state index contributed by atoms with van der Waals surface area (Å²) in [4.78, 5) is 0. The van der Waals surface area contributed by atoms with Crippen LogP contribution in [0.3, 0.4) is 0 Å². The van der Waals surface area contributed by atoms with Crippen molar-refractivity contribution in [2.45, 2.75) is 45.4 Å². The van der Waals surface area contributed by atoms with Crippen LogP contribution in [0, 0.1) is 0 Å². The van der Waals surface area contributed by atoms with E-state index in [0.717, 1.165) is 0 Å². The quantitative estimate of drug-likeness (QED) is 0.665. The van der Waals surface area contributed by atoms with Crippen molar-refractivity contribution in [3.63, 3.8) is 0 Å². The highest BCUT2D eigenvalue weighted by Crippen LogP contribution is 2.39. The molecule has 0 amide bonds. The molecule has 16 heavy (non-hydrogen) atoms. The van der Waals surface area contributed by atoms with Gasteiger partial charge >= 0.3 is 0 Å². The number of thiophene rings is 1. The minimum Gasteiger partial charge on any atom is -0.144 e. The molecule has 0 saturated carbocycles. The zero-order valence-corrected chi connectivity index (χ0v) is 11.2. The van der Waals surface area contributed by atoms with E-state index >= 15 is 0 Å². The van der Waals surface area contributed by atoms with Gasteiger partial charge in [0.1, 0.15) is 0 Å². The summed E-state index contributed by atoms with van der Waals surface area (Å²) < 4.78 is 1.42. The third-order valence-corrected chi connectivity index (χ3v) is 4.68. The molecule has 2 aromatic rings. The first-order chi connectivity index (χ1) is 7.71. The zero-order valence-electron chi connectivity index (χ0n) is 10.4. The van der Waals surface area contributed by atoms with E-state index in [0.29, 0.717) is 5.41 Å². The Morgan fingerprint density at radius 2 is 1.94 bits per heavy atom. The number of rotatable bonds is 4. The van der Waals surface area contributed by atoms with Crippen LogP contribution in [-0.4, -0.2) is 0 Å². The van der Waals surface area contributed by atoms with Crippen LogP contribution in [0.2, 0.25) is 0 Å². The fourth-order valence-electron chi connectivity index (χ4n) is 2.50. The highest BCUT2D eigenvalue weighted by molar-refractivity contribution is 7.17. The molecular formula is C15H20S. The number of fused-ring (bicyclic) bond motifs is 1. The Bertz CT molecular complexity index is 469. The van der Waals surface area contributed by atoms with E-state index in [9.17, 15) is 0 Å². The molecule has 2 rings (SSSR count). The number of hydrogen-bond acceptors (Lipinski definition) is 1. The first kappa shape index (κ1) is 11.7. The molecule has 0 spiro atoms. The first-order valence-corrected chi connectivity index (χ1v) is 7.06. The Morgan fingerprint density at radius 3 is 2.62 bits per heavy atom. The molecule has 1 heteroatoms. The van der Waals surface area contributed by atoms with E-state index in [1.807, 2.05) is 11.3 Å². The predicted molar refractivity (Wildman–Crippen MR) is 74.4 cm³/mol. The van der Waals surface area contributed by atoms with Crippen molar-refractivity contribution in [2.24, 2.45) is 0 Å². The third kappa shape index (κ3) is 1.89. The monoisotopic (exact) mass is 232 g/mol. The van der Waals surface area contributed by atoms with Crippen molar-refractivity contribution in [2.75, 3.05) is 0 Å². The van der Waals surface area contributed by atoms with Gasteiger partial charge < -0.3 is 0 Å². The Kier molecular flexibility index (Phi) is 3.34. The van der Waals surface area contributed by atoms with Gasteiger partial charge in [-0.2, -0.15) is 0 Å². The summed E-state index contributed by atoms with van der Waals surface area (Å²) in [5.41, 5.74) is 1.91. The number of hydrogen-bond donors (Lipinski definition) is 0. The summed E-state index contributed by atoms with van der Waals surface area (Å²) in [6.07, 6.45) is 3.76. The fourth-order valence-corrected chi connectivity index (χ4v) is 3.62. The van der Waals surface area contributed by atoms with E-state index in [-0.39, 0.29) is 0 Å². The Hall–Kier alpha value is -0.820. The maximum atomic E-state index is 2.41. The van der Waals surface area contributed by atoms with E-state index in [4.69, 9.17) is 0 Å². The summed E-state index contributed by atoms with van der Waals surface area (Å²) in [5.74, 6) is 0. The van der Waals surface area contributed by atoms with E-state index in [2.05, 4.69) is 50.4 Å². The topological polar surface area (TPSA) is 0 Å². The molecule has 0 radical (unpaired) electrons. The molecule has 0 aliphatic carbocycles. The molecule has 1 atom stereocenters. The van der Waals surface area contributed by atoms with Crippen LogP contribution in [0.1, 0.15) is 45.6 Å². The van der Waals surface area contributed by atoms with Crippen molar-refractivity contribution in [3.8, 4) is 0 Å². The fraction of sp³-hybridized carbons (Fsp3) is 0.467. The summed E-state index contributed by atoms with van der Waals surface area (Å²) in [5, 5.41) is 3.83. The molecule has 1 heterocycles. The van der Waals surface area contributed by atoms with Crippen LogP contribution < -0.4 is 0 Å². The van der Waals surface area contributed by atoms with Gasteiger partial charge in [-0.1, -0.05) is 45.4 Å². The van der Waals surface area contributed by atoms with Crippen molar-refractivity contribution in [3.05, 3.63) is 35.2 Å². The van der Waals surface area contributed by atoms with Gasteiger partial charge in [0.2, 0.25) is 0 Å². The lowest BCUT2D eigenvalue weighted by atomic mass is 9.76. The summed E-state index contributed by atoms with van der Waals surface area (Å²) in [7, 11) is 0. The van der Waals surface area contributed by atoms with E-state index in [1.54, 1.807) is 5.56 Å². The molecule has 1 aromatic carbocycles. The van der Waals surface area contributed by atoms with Crippen molar-refractivity contribution < 1.29 is 0 Å². The minimum absolute atomic E-state index is 0.356. The number of benzene rings is 1. The standard InChI is InChI=1S/C15H20S/c1-4-10-15(3,5-2)13-11-16-14-9-7-6-8-12(13)14/h6-9,11H,4-5,10H2,1-3H3. The van der Waals surface area contributed by atoms with Crippen LogP contribution >= 0.6 is 11.3 Å². The molecule has 0 aliphatic heterocycles. The van der Waals surface area contributed by atoms with Gasteiger partial charge in [0.25, 0.3) is 0 Å². The average molecular weight is 232 g/mol. The second-order valence-electron chi connectivity index (χ2n) is 4.81. The largest absolute Gasteiger partial charge is 0.144 e. The second-order valence-corrected chi connectivity index (χ2v) is 5.72. The Balaban J connectivity index is 2.53. The molecular weight excluding hydrogens is 212 g/mol. The van der Waals surface area contributed by atoms with Gasteiger partial charge in [0.05, 0.1) is 0 Å². The minimum atomic E-state index is 0.356. The Labute approximate surface area is 102 Å². The van der Waals surface area contributed by atoms with Crippen LogP contribution in [0.5, 0.6) is 0 Å². The van der Waals surface area contributed by atoms with Crippen molar-refractivity contribution in [1.29, 1.82) is 0 Å². The highest BCUT2D eigenvalue weighted by Gasteiger charge is 2.26. The maximum absolute atomic E-state index is 2.41. The average Bonchev–Trinajstić information content (AvgIpc) is 2.73. The van der Waals surface area contributed by atoms with E-state index in [1.165, 1.54) is 29.3 Å². The molecule has 86 valence electrons. The van der Waals surface area contributed by atoms with Gasteiger partial charge in [-0.05, 0) is 40.7 Å². The molecule has 0 N–H and O–H groups in total. The molecule has 1 aromatic heterocycles. The van der Waals surface area contributed by atoms with E-state index < -0.39 is 0 Å². The zero-order chi connectivity index (χ0) is 11.6. The van der Waals surface area contributed by atoms with Gasteiger partial charge in [-0.3, -0.25) is 0 Å². The smallest absolute Gasteiger partial charge is 0.0345 e. The predicted octanol–water partition coefficient (Wildman–Crippen LogP) is 5.37. The normalized spacial score (nSPS) is 15.2. The van der Waals surface area contributed by atoms with Crippen LogP contribution in [-0.2, 0) is 5.41 Å². The highest BCUT2D eigenvalue weighted by atomic mass is 32.1. The van der Waals surface area contributed by atoms with Gasteiger partial charge in [0.15, 0.2) is 0 Å². The van der Waals surface area contributed by atoms with Gasteiger partial charge in [0, 0.05) is 4.70 Å².